The maximum atomic E-state index is 12.6. The number of thiocarbonyl (C=S) groups is 1. The average molecular weight is 489 g/mol. The molecule has 172 valence electrons. The van der Waals surface area contributed by atoms with Crippen LogP contribution >= 0.6 is 23.8 Å². The van der Waals surface area contributed by atoms with Crippen LogP contribution in [0.1, 0.15) is 28.4 Å². The number of carboxylic acid groups (broad SMARTS) is 1. The first kappa shape index (κ1) is 24.2. The number of rotatable bonds is 7. The van der Waals surface area contributed by atoms with Crippen LogP contribution in [0.15, 0.2) is 42.0 Å². The van der Waals surface area contributed by atoms with E-state index in [2.05, 4.69) is 0 Å². The van der Waals surface area contributed by atoms with E-state index >= 15 is 0 Å². The molecule has 0 aliphatic carbocycles. The maximum Gasteiger partial charge on any atom is 0.335 e. The number of ether oxygens (including phenoxy) is 2. The minimum Gasteiger partial charge on any atom is -0.490 e. The topological polar surface area (TPSA) is 96.4 Å². The highest BCUT2D eigenvalue weighted by atomic mass is 35.5. The molecule has 10 heteroatoms. The van der Waals surface area contributed by atoms with Crippen molar-refractivity contribution in [3.8, 4) is 11.5 Å². The molecule has 0 aromatic heterocycles. The van der Waals surface area contributed by atoms with Gasteiger partial charge in [-0.3, -0.25) is 19.4 Å². The van der Waals surface area contributed by atoms with Crippen LogP contribution < -0.4 is 9.47 Å². The van der Waals surface area contributed by atoms with Crippen molar-refractivity contribution in [2.24, 2.45) is 0 Å². The largest absolute Gasteiger partial charge is 0.490 e. The van der Waals surface area contributed by atoms with E-state index in [4.69, 9.17) is 38.4 Å². The standard InChI is InChI=1S/C23H21ClN2O6S/c1-4-31-18-11-14(9-16-20(27)25(2)23(33)26(3)21(16)28)10-17(24)19(18)32-12-13-6-5-7-15(8-13)22(29)30/h5-11H,4,12H2,1-3H3,(H,29,30). The van der Waals surface area contributed by atoms with Gasteiger partial charge in [-0.15, -0.1) is 0 Å². The Balaban J connectivity index is 1.93. The Kier molecular flexibility index (Phi) is 7.35. The second kappa shape index (κ2) is 10.0. The van der Waals surface area contributed by atoms with Crippen LogP contribution in [0.2, 0.25) is 5.02 Å². The first-order chi connectivity index (χ1) is 15.6. The number of likely N-dealkylation sites (N-methyl/N-ethyl adjacent to an activating group) is 2. The molecule has 0 saturated carbocycles. The Morgan fingerprint density at radius 3 is 2.39 bits per heavy atom. The van der Waals surface area contributed by atoms with Gasteiger partial charge >= 0.3 is 5.97 Å². The Hall–Kier alpha value is -3.43. The van der Waals surface area contributed by atoms with Gasteiger partial charge in [0.1, 0.15) is 12.2 Å². The van der Waals surface area contributed by atoms with Crippen LogP contribution in [-0.4, -0.2) is 58.5 Å². The lowest BCUT2D eigenvalue weighted by Crippen LogP contribution is -2.52. The van der Waals surface area contributed by atoms with Crippen molar-refractivity contribution in [3.63, 3.8) is 0 Å². The number of carboxylic acids is 1. The summed E-state index contributed by atoms with van der Waals surface area (Å²) >= 11 is 11.5. The normalized spacial score (nSPS) is 13.9. The first-order valence-corrected chi connectivity index (χ1v) is 10.7. The Morgan fingerprint density at radius 2 is 1.79 bits per heavy atom. The van der Waals surface area contributed by atoms with E-state index in [0.717, 1.165) is 0 Å². The van der Waals surface area contributed by atoms with E-state index in [-0.39, 0.29) is 33.6 Å². The predicted molar refractivity (Wildman–Crippen MR) is 126 cm³/mol. The van der Waals surface area contributed by atoms with Crippen molar-refractivity contribution in [1.82, 2.24) is 9.80 Å². The smallest absolute Gasteiger partial charge is 0.335 e. The molecule has 1 heterocycles. The molecule has 1 N–H and O–H groups in total. The molecule has 0 atom stereocenters. The molecule has 0 radical (unpaired) electrons. The number of carbonyl (C=O) groups excluding carboxylic acids is 2. The number of amides is 2. The quantitative estimate of drug-likeness (QED) is 0.361. The predicted octanol–water partition coefficient (Wildman–Crippen LogP) is 3.61. The molecule has 2 aromatic carbocycles. The van der Waals surface area contributed by atoms with E-state index in [1.54, 1.807) is 31.2 Å². The van der Waals surface area contributed by atoms with Gasteiger partial charge in [0.15, 0.2) is 16.6 Å². The highest BCUT2D eigenvalue weighted by Gasteiger charge is 2.35. The average Bonchev–Trinajstić information content (AvgIpc) is 2.79. The molecule has 3 rings (SSSR count). The van der Waals surface area contributed by atoms with Crippen molar-refractivity contribution in [2.75, 3.05) is 20.7 Å². The second-order valence-corrected chi connectivity index (χ2v) is 7.90. The molecule has 2 aromatic rings. The summed E-state index contributed by atoms with van der Waals surface area (Å²) in [6.07, 6.45) is 1.42. The molecular weight excluding hydrogens is 468 g/mol. The van der Waals surface area contributed by atoms with E-state index < -0.39 is 17.8 Å². The number of hydrogen-bond acceptors (Lipinski definition) is 6. The van der Waals surface area contributed by atoms with Crippen LogP contribution in [-0.2, 0) is 16.2 Å². The zero-order valence-corrected chi connectivity index (χ0v) is 19.7. The molecular formula is C23H21ClN2O6S. The number of carbonyl (C=O) groups is 3. The molecule has 0 unspecified atom stereocenters. The van der Waals surface area contributed by atoms with Crippen LogP contribution in [0.4, 0.5) is 0 Å². The van der Waals surface area contributed by atoms with Crippen molar-refractivity contribution in [3.05, 3.63) is 63.7 Å². The van der Waals surface area contributed by atoms with Crippen LogP contribution in [0.5, 0.6) is 11.5 Å². The summed E-state index contributed by atoms with van der Waals surface area (Å²) in [5.74, 6) is -1.49. The molecule has 1 fully saturated rings. The van der Waals surface area contributed by atoms with Gasteiger partial charge in [0.05, 0.1) is 17.2 Å². The molecule has 0 bridgehead atoms. The van der Waals surface area contributed by atoms with Gasteiger partial charge in [-0.25, -0.2) is 4.79 Å². The third-order valence-electron chi connectivity index (χ3n) is 4.84. The lowest BCUT2D eigenvalue weighted by molar-refractivity contribution is -0.132. The first-order valence-electron chi connectivity index (χ1n) is 9.87. The second-order valence-electron chi connectivity index (χ2n) is 7.13. The van der Waals surface area contributed by atoms with Gasteiger partial charge in [-0.2, -0.15) is 0 Å². The van der Waals surface area contributed by atoms with Gasteiger partial charge in [0.25, 0.3) is 11.8 Å². The van der Waals surface area contributed by atoms with Crippen molar-refractivity contribution < 1.29 is 29.0 Å². The Morgan fingerprint density at radius 1 is 1.12 bits per heavy atom. The van der Waals surface area contributed by atoms with Gasteiger partial charge in [0.2, 0.25) is 0 Å². The summed E-state index contributed by atoms with van der Waals surface area (Å²) in [5, 5.41) is 9.47. The summed E-state index contributed by atoms with van der Waals surface area (Å²) in [6, 6.07) is 9.51. The van der Waals surface area contributed by atoms with E-state index in [0.29, 0.717) is 23.5 Å². The summed E-state index contributed by atoms with van der Waals surface area (Å²) in [7, 11) is 2.99. The molecule has 2 amide bonds. The Labute approximate surface area is 200 Å². The summed E-state index contributed by atoms with van der Waals surface area (Å²) < 4.78 is 11.5. The minimum absolute atomic E-state index is 0.0609. The molecule has 1 saturated heterocycles. The number of nitrogens with zero attached hydrogens (tertiary/aromatic N) is 2. The van der Waals surface area contributed by atoms with Gasteiger partial charge in [-0.1, -0.05) is 23.7 Å². The van der Waals surface area contributed by atoms with Gasteiger partial charge < -0.3 is 14.6 Å². The van der Waals surface area contributed by atoms with E-state index in [1.807, 2.05) is 0 Å². The van der Waals surface area contributed by atoms with Crippen molar-refractivity contribution >= 4 is 52.8 Å². The minimum atomic E-state index is -1.04. The Bertz CT molecular complexity index is 1150. The molecule has 1 aliphatic heterocycles. The summed E-state index contributed by atoms with van der Waals surface area (Å²) in [4.78, 5) is 38.8. The molecule has 0 spiro atoms. The third kappa shape index (κ3) is 5.15. The fourth-order valence-electron chi connectivity index (χ4n) is 3.17. The highest BCUT2D eigenvalue weighted by Crippen LogP contribution is 2.38. The lowest BCUT2D eigenvalue weighted by Gasteiger charge is -2.31. The van der Waals surface area contributed by atoms with Crippen LogP contribution in [0.25, 0.3) is 6.08 Å². The number of benzene rings is 2. The monoisotopic (exact) mass is 488 g/mol. The number of halogens is 1. The zero-order valence-electron chi connectivity index (χ0n) is 18.1. The fourth-order valence-corrected chi connectivity index (χ4v) is 3.61. The third-order valence-corrected chi connectivity index (χ3v) is 5.67. The molecule has 8 nitrogen and oxygen atoms in total. The number of aromatic carboxylic acids is 1. The lowest BCUT2D eigenvalue weighted by atomic mass is 10.1. The van der Waals surface area contributed by atoms with E-state index in [1.165, 1.54) is 42.1 Å². The van der Waals surface area contributed by atoms with Crippen molar-refractivity contribution in [2.45, 2.75) is 13.5 Å². The van der Waals surface area contributed by atoms with Gasteiger partial charge in [-0.05, 0) is 60.6 Å². The van der Waals surface area contributed by atoms with Crippen molar-refractivity contribution in [1.29, 1.82) is 0 Å². The summed E-state index contributed by atoms with van der Waals surface area (Å²) in [6.45, 7) is 2.17. The SMILES string of the molecule is CCOc1cc(C=C2C(=O)N(C)C(=S)N(C)C2=O)cc(Cl)c1OCc1cccc(C(=O)O)c1. The fraction of sp³-hybridized carbons (Fsp3) is 0.217. The molecule has 1 aliphatic rings. The summed E-state index contributed by atoms with van der Waals surface area (Å²) in [5.41, 5.74) is 1.19. The van der Waals surface area contributed by atoms with Crippen LogP contribution in [0, 0.1) is 0 Å². The molecule has 33 heavy (non-hydrogen) atoms. The van der Waals surface area contributed by atoms with Gasteiger partial charge in [0, 0.05) is 14.1 Å². The zero-order chi connectivity index (χ0) is 24.3. The van der Waals surface area contributed by atoms with Crippen LogP contribution in [0.3, 0.4) is 0 Å². The van der Waals surface area contributed by atoms with E-state index in [9.17, 15) is 14.4 Å². The number of hydrogen-bond donors (Lipinski definition) is 1. The highest BCUT2D eigenvalue weighted by molar-refractivity contribution is 7.80. The maximum absolute atomic E-state index is 12.6.